The predicted molar refractivity (Wildman–Crippen MR) is 139 cm³/mol. The van der Waals surface area contributed by atoms with Crippen LogP contribution in [-0.4, -0.2) is 60.1 Å². The third kappa shape index (κ3) is 4.30. The number of rotatable bonds is 6. The lowest BCUT2D eigenvalue weighted by Gasteiger charge is -2.53. The lowest BCUT2D eigenvalue weighted by atomic mass is 9.73. The number of aliphatic hydroxyl groups is 1. The van der Waals surface area contributed by atoms with Crippen molar-refractivity contribution < 1.29 is 19.0 Å². The molecule has 3 aromatic rings. The SMILES string of the molecule is COc1cc(N2CC3(CCOCC3)C2)c(F)cc1Nc1nccc(-c2cnc3c(c2)C(C)(CO)CC3)n1. The molecule has 8 nitrogen and oxygen atoms in total. The first kappa shape index (κ1) is 24.1. The molecular weight excluding hydrogens is 473 g/mol. The van der Waals surface area contributed by atoms with Crippen molar-refractivity contribution in [3.63, 3.8) is 0 Å². The average molecular weight is 506 g/mol. The number of pyridine rings is 1. The number of fused-ring (bicyclic) bond motifs is 1. The van der Waals surface area contributed by atoms with Crippen LogP contribution in [0.2, 0.25) is 0 Å². The zero-order valence-electron chi connectivity index (χ0n) is 21.3. The van der Waals surface area contributed by atoms with Crippen molar-refractivity contribution in [2.24, 2.45) is 5.41 Å². The molecule has 1 aromatic carbocycles. The van der Waals surface area contributed by atoms with E-state index in [4.69, 9.17) is 9.47 Å². The van der Waals surface area contributed by atoms with Crippen LogP contribution >= 0.6 is 0 Å². The van der Waals surface area contributed by atoms with Crippen LogP contribution in [0.3, 0.4) is 0 Å². The zero-order valence-corrected chi connectivity index (χ0v) is 21.3. The van der Waals surface area contributed by atoms with E-state index >= 15 is 4.39 Å². The summed E-state index contributed by atoms with van der Waals surface area (Å²) in [5.74, 6) is 0.544. The minimum absolute atomic E-state index is 0.0793. The van der Waals surface area contributed by atoms with Crippen LogP contribution in [0.1, 0.15) is 37.4 Å². The molecule has 1 atom stereocenters. The van der Waals surface area contributed by atoms with Crippen LogP contribution < -0.4 is 15.0 Å². The number of ether oxygens (including phenoxy) is 2. The Labute approximate surface area is 215 Å². The molecule has 1 unspecified atom stereocenters. The largest absolute Gasteiger partial charge is 0.494 e. The lowest BCUT2D eigenvalue weighted by Crippen LogP contribution is -2.58. The molecule has 6 rings (SSSR count). The van der Waals surface area contributed by atoms with Crippen LogP contribution in [0.4, 0.5) is 21.7 Å². The van der Waals surface area contributed by atoms with E-state index in [-0.39, 0.29) is 23.3 Å². The van der Waals surface area contributed by atoms with Gasteiger partial charge in [0.25, 0.3) is 0 Å². The van der Waals surface area contributed by atoms with Gasteiger partial charge in [0.15, 0.2) is 0 Å². The van der Waals surface area contributed by atoms with Crippen molar-refractivity contribution in [2.45, 2.75) is 38.0 Å². The summed E-state index contributed by atoms with van der Waals surface area (Å²) in [6.07, 6.45) is 7.25. The Morgan fingerprint density at radius 2 is 1.97 bits per heavy atom. The smallest absolute Gasteiger partial charge is 0.227 e. The Balaban J connectivity index is 1.23. The second-order valence-electron chi connectivity index (χ2n) is 10.8. The number of nitrogens with zero attached hydrogens (tertiary/aromatic N) is 4. The first-order valence-electron chi connectivity index (χ1n) is 12.8. The minimum Gasteiger partial charge on any atom is -0.494 e. The first-order valence-corrected chi connectivity index (χ1v) is 12.8. The van der Waals surface area contributed by atoms with Crippen LogP contribution in [-0.2, 0) is 16.6 Å². The number of aliphatic hydroxyl groups excluding tert-OH is 1. The molecule has 1 spiro atoms. The maximum absolute atomic E-state index is 15.2. The fraction of sp³-hybridized carbons (Fsp3) is 0.464. The van der Waals surface area contributed by atoms with Gasteiger partial charge in [0.2, 0.25) is 5.95 Å². The van der Waals surface area contributed by atoms with Crippen LogP contribution in [0.25, 0.3) is 11.3 Å². The van der Waals surface area contributed by atoms with Crippen molar-refractivity contribution in [1.29, 1.82) is 0 Å². The number of aromatic nitrogens is 3. The van der Waals surface area contributed by atoms with Gasteiger partial charge >= 0.3 is 0 Å². The van der Waals surface area contributed by atoms with E-state index in [2.05, 4.69) is 38.2 Å². The molecule has 0 radical (unpaired) electrons. The summed E-state index contributed by atoms with van der Waals surface area (Å²) in [6, 6.07) is 7.07. The van der Waals surface area contributed by atoms with Gasteiger partial charge in [-0.15, -0.1) is 0 Å². The minimum atomic E-state index is -0.313. The van der Waals surface area contributed by atoms with Gasteiger partial charge in [0, 0.05) is 72.9 Å². The summed E-state index contributed by atoms with van der Waals surface area (Å²) in [4.78, 5) is 15.7. The maximum atomic E-state index is 15.2. The van der Waals surface area contributed by atoms with E-state index in [9.17, 15) is 5.11 Å². The number of hydrogen-bond donors (Lipinski definition) is 2. The van der Waals surface area contributed by atoms with E-state index in [1.165, 1.54) is 6.07 Å². The highest BCUT2D eigenvalue weighted by molar-refractivity contribution is 5.70. The Morgan fingerprint density at radius 3 is 2.73 bits per heavy atom. The van der Waals surface area contributed by atoms with Crippen molar-refractivity contribution in [3.8, 4) is 17.0 Å². The van der Waals surface area contributed by atoms with E-state index in [1.807, 2.05) is 6.07 Å². The quantitative estimate of drug-likeness (QED) is 0.514. The maximum Gasteiger partial charge on any atom is 0.227 e. The first-order chi connectivity index (χ1) is 17.9. The predicted octanol–water partition coefficient (Wildman–Crippen LogP) is 4.24. The number of benzene rings is 1. The van der Waals surface area contributed by atoms with Gasteiger partial charge in [-0.2, -0.15) is 0 Å². The highest BCUT2D eigenvalue weighted by atomic mass is 19.1. The Bertz CT molecular complexity index is 1320. The topological polar surface area (TPSA) is 92.6 Å². The van der Waals surface area contributed by atoms with Gasteiger partial charge < -0.3 is 24.8 Å². The monoisotopic (exact) mass is 505 g/mol. The molecule has 1 aliphatic carbocycles. The summed E-state index contributed by atoms with van der Waals surface area (Å²) < 4.78 is 26.3. The van der Waals surface area contributed by atoms with Gasteiger partial charge in [-0.25, -0.2) is 14.4 Å². The van der Waals surface area contributed by atoms with Gasteiger partial charge in [0.05, 0.1) is 30.8 Å². The normalized spacial score (nSPS) is 22.0. The third-order valence-electron chi connectivity index (χ3n) is 8.30. The molecule has 0 saturated carbocycles. The number of halogens is 1. The molecule has 194 valence electrons. The molecule has 2 aromatic heterocycles. The van der Waals surface area contributed by atoms with E-state index in [0.717, 1.165) is 68.8 Å². The number of anilines is 3. The zero-order chi connectivity index (χ0) is 25.6. The Morgan fingerprint density at radius 1 is 1.16 bits per heavy atom. The van der Waals surface area contributed by atoms with Crippen LogP contribution in [0.15, 0.2) is 36.7 Å². The summed E-state index contributed by atoms with van der Waals surface area (Å²) in [5, 5.41) is 13.1. The van der Waals surface area contributed by atoms with Crippen molar-refractivity contribution in [2.75, 3.05) is 50.2 Å². The molecule has 37 heavy (non-hydrogen) atoms. The second-order valence-corrected chi connectivity index (χ2v) is 10.8. The highest BCUT2D eigenvalue weighted by Gasteiger charge is 2.44. The molecular formula is C28H32FN5O3. The molecule has 9 heteroatoms. The van der Waals surface area contributed by atoms with E-state index in [0.29, 0.717) is 28.8 Å². The summed E-state index contributed by atoms with van der Waals surface area (Å²) in [7, 11) is 1.57. The number of nitrogens with one attached hydrogen (secondary N) is 1. The van der Waals surface area contributed by atoms with Gasteiger partial charge in [0.1, 0.15) is 11.6 Å². The van der Waals surface area contributed by atoms with Gasteiger partial charge in [-0.1, -0.05) is 6.92 Å². The number of aryl methyl sites for hydroxylation is 1. The molecule has 2 fully saturated rings. The Hall–Kier alpha value is -3.30. The number of methoxy groups -OCH3 is 1. The fourth-order valence-electron chi connectivity index (χ4n) is 5.85. The molecule has 4 heterocycles. The molecule has 2 N–H and O–H groups in total. The van der Waals surface area contributed by atoms with E-state index in [1.54, 1.807) is 25.6 Å². The highest BCUT2D eigenvalue weighted by Crippen LogP contribution is 2.45. The Kier molecular flexibility index (Phi) is 6.00. The summed E-state index contributed by atoms with van der Waals surface area (Å²) >= 11 is 0. The van der Waals surface area contributed by atoms with Crippen LogP contribution in [0.5, 0.6) is 5.75 Å². The van der Waals surface area contributed by atoms with E-state index < -0.39 is 0 Å². The third-order valence-corrected chi connectivity index (χ3v) is 8.30. The van der Waals surface area contributed by atoms with Crippen molar-refractivity contribution >= 4 is 17.3 Å². The van der Waals surface area contributed by atoms with Gasteiger partial charge in [-0.05, 0) is 43.4 Å². The fourth-order valence-corrected chi connectivity index (χ4v) is 5.85. The van der Waals surface area contributed by atoms with Crippen molar-refractivity contribution in [3.05, 3.63) is 53.7 Å². The standard InChI is InChI=1S/C28H32FN5O3/c1-27(17-35)5-3-22-19(27)11-18(14-31-22)21-4-8-30-26(32-21)33-23-12-20(29)24(13-25(23)36-2)34-15-28(16-34)6-9-37-10-7-28/h4,8,11-14,35H,3,5-7,9-10,15-17H2,1-2H3,(H,30,32,33). The summed E-state index contributed by atoms with van der Waals surface area (Å²) in [6.45, 7) is 5.37. The molecule has 2 saturated heterocycles. The summed E-state index contributed by atoms with van der Waals surface area (Å²) in [5.41, 5.74) is 4.58. The molecule has 2 aliphatic heterocycles. The second kappa shape index (κ2) is 9.22. The van der Waals surface area contributed by atoms with Gasteiger partial charge in [-0.3, -0.25) is 4.98 Å². The number of hydrogen-bond acceptors (Lipinski definition) is 8. The van der Waals surface area contributed by atoms with Crippen LogP contribution in [0, 0.1) is 11.2 Å². The average Bonchev–Trinajstić information content (AvgIpc) is 3.24. The lowest BCUT2D eigenvalue weighted by molar-refractivity contribution is -0.000398. The molecule has 0 amide bonds. The van der Waals surface area contributed by atoms with Crippen molar-refractivity contribution in [1.82, 2.24) is 15.0 Å². The molecule has 0 bridgehead atoms. The molecule has 3 aliphatic rings.